The lowest BCUT2D eigenvalue weighted by Gasteiger charge is -2.33. The lowest BCUT2D eigenvalue weighted by molar-refractivity contribution is -0.122. The highest BCUT2D eigenvalue weighted by Crippen LogP contribution is 2.37. The van der Waals surface area contributed by atoms with E-state index in [1.165, 1.54) is 22.3 Å². The number of hydrogen-bond donors (Lipinski definition) is 1. The van der Waals surface area contributed by atoms with Crippen LogP contribution in [0.5, 0.6) is 0 Å². The van der Waals surface area contributed by atoms with Gasteiger partial charge in [0.15, 0.2) is 0 Å². The fourth-order valence-electron chi connectivity index (χ4n) is 9.11. The van der Waals surface area contributed by atoms with Crippen molar-refractivity contribution in [3.8, 4) is 0 Å². The molecule has 3 unspecified atom stereocenters. The standard InChI is InChI=1S/C28H40N2O3.C28H38N2O3/c2*1-27(2,3)33-26(32)30-21-24(18-28(30,4)5)25(31)16-17-29(19-22-12-8-6-9-13-22)20-23-14-10-7-11-15-23/h6-15,24-25,31H,16-21H2,1-5H3;6-15,24H,16-21H2,1-5H3. The number of hydrogen-bond acceptors (Lipinski definition) is 8. The number of rotatable bonds is 16. The van der Waals surface area contributed by atoms with Crippen molar-refractivity contribution < 1.29 is 29.0 Å². The molecule has 66 heavy (non-hydrogen) atoms. The number of ketones is 1. The van der Waals surface area contributed by atoms with Gasteiger partial charge in [-0.15, -0.1) is 0 Å². The Hall–Kier alpha value is -5.03. The number of Topliss-reactive ketones (excluding diaryl/α,β-unsaturated/α-hetero) is 1. The van der Waals surface area contributed by atoms with Crippen molar-refractivity contribution in [1.82, 2.24) is 19.6 Å². The summed E-state index contributed by atoms with van der Waals surface area (Å²) in [6.45, 7) is 25.1. The van der Waals surface area contributed by atoms with Crippen LogP contribution in [0.25, 0.3) is 0 Å². The molecule has 1 N–H and O–H groups in total. The van der Waals surface area contributed by atoms with Crippen LogP contribution in [0.4, 0.5) is 9.59 Å². The molecule has 10 nitrogen and oxygen atoms in total. The maximum Gasteiger partial charge on any atom is 0.410 e. The van der Waals surface area contributed by atoms with Crippen molar-refractivity contribution in [1.29, 1.82) is 0 Å². The maximum atomic E-state index is 13.2. The van der Waals surface area contributed by atoms with Crippen molar-refractivity contribution in [3.63, 3.8) is 0 Å². The van der Waals surface area contributed by atoms with Crippen LogP contribution in [0.2, 0.25) is 0 Å². The number of aliphatic hydroxyl groups excluding tert-OH is 1. The third-order valence-corrected chi connectivity index (χ3v) is 12.4. The van der Waals surface area contributed by atoms with Gasteiger partial charge in [0.05, 0.1) is 6.10 Å². The first-order valence-electron chi connectivity index (χ1n) is 23.9. The van der Waals surface area contributed by atoms with Crippen molar-refractivity contribution in [3.05, 3.63) is 144 Å². The number of carbonyl (C=O) groups excluding carboxylic acids is 3. The van der Waals surface area contributed by atoms with Crippen molar-refractivity contribution in [2.24, 2.45) is 11.8 Å². The average molecular weight is 903 g/mol. The molecule has 4 aromatic carbocycles. The third kappa shape index (κ3) is 16.7. The zero-order chi connectivity index (χ0) is 48.1. The smallest absolute Gasteiger partial charge is 0.410 e. The minimum Gasteiger partial charge on any atom is -0.444 e. The summed E-state index contributed by atoms with van der Waals surface area (Å²) in [4.78, 5) is 46.9. The van der Waals surface area contributed by atoms with E-state index < -0.39 is 22.8 Å². The van der Waals surface area contributed by atoms with Crippen molar-refractivity contribution in [2.45, 2.75) is 149 Å². The van der Waals surface area contributed by atoms with Gasteiger partial charge in [0.1, 0.15) is 17.0 Å². The Bertz CT molecular complexity index is 2020. The number of aliphatic hydroxyl groups is 1. The Kier molecular flexibility index (Phi) is 18.2. The Morgan fingerprint density at radius 2 is 0.924 bits per heavy atom. The second-order valence-corrected chi connectivity index (χ2v) is 21.6. The molecule has 6 rings (SSSR count). The van der Waals surface area contributed by atoms with E-state index in [0.717, 1.165) is 39.1 Å². The maximum absolute atomic E-state index is 13.2. The summed E-state index contributed by atoms with van der Waals surface area (Å²) < 4.78 is 11.2. The van der Waals surface area contributed by atoms with E-state index >= 15 is 0 Å². The minimum atomic E-state index is -0.551. The first-order chi connectivity index (χ1) is 31.1. The molecule has 0 aromatic heterocycles. The fourth-order valence-corrected chi connectivity index (χ4v) is 9.11. The molecule has 0 saturated carbocycles. The lowest BCUT2D eigenvalue weighted by atomic mass is 9.91. The highest BCUT2D eigenvalue weighted by atomic mass is 16.6. The summed E-state index contributed by atoms with van der Waals surface area (Å²) >= 11 is 0. The van der Waals surface area contributed by atoms with Gasteiger partial charge in [-0.2, -0.15) is 0 Å². The molecule has 2 fully saturated rings. The van der Waals surface area contributed by atoms with Gasteiger partial charge in [-0.05, 0) is 111 Å². The Morgan fingerprint density at radius 3 is 1.30 bits per heavy atom. The first-order valence-corrected chi connectivity index (χ1v) is 23.9. The molecule has 10 heteroatoms. The third-order valence-electron chi connectivity index (χ3n) is 12.4. The van der Waals surface area contributed by atoms with Gasteiger partial charge in [0.25, 0.3) is 0 Å². The van der Waals surface area contributed by atoms with E-state index in [4.69, 9.17) is 9.47 Å². The molecule has 2 saturated heterocycles. The topological polar surface area (TPSA) is 103 Å². The largest absolute Gasteiger partial charge is 0.444 e. The number of ether oxygens (including phenoxy) is 2. The monoisotopic (exact) mass is 903 g/mol. The minimum absolute atomic E-state index is 0.0443. The van der Waals surface area contributed by atoms with Gasteiger partial charge < -0.3 is 24.4 Å². The predicted molar refractivity (Wildman–Crippen MR) is 264 cm³/mol. The van der Waals surface area contributed by atoms with E-state index in [9.17, 15) is 19.5 Å². The van der Waals surface area contributed by atoms with Crippen LogP contribution in [-0.4, -0.2) is 97.2 Å². The van der Waals surface area contributed by atoms with Gasteiger partial charge in [-0.25, -0.2) is 9.59 Å². The highest BCUT2D eigenvalue weighted by Gasteiger charge is 2.46. The van der Waals surface area contributed by atoms with Crippen LogP contribution in [0.1, 0.15) is 117 Å². The Balaban J connectivity index is 0.000000247. The van der Waals surface area contributed by atoms with Gasteiger partial charge in [0.2, 0.25) is 0 Å². The molecule has 4 aromatic rings. The van der Waals surface area contributed by atoms with Crippen LogP contribution < -0.4 is 0 Å². The first kappa shape index (κ1) is 51.9. The molecule has 2 amide bonds. The second kappa shape index (κ2) is 23.1. The van der Waals surface area contributed by atoms with Gasteiger partial charge in [-0.3, -0.25) is 14.6 Å². The normalized spacial score (nSPS) is 18.4. The molecule has 0 radical (unpaired) electrons. The second-order valence-electron chi connectivity index (χ2n) is 21.6. The summed E-state index contributed by atoms with van der Waals surface area (Å²) in [6, 6.07) is 41.6. The lowest BCUT2D eigenvalue weighted by Crippen LogP contribution is -2.45. The summed E-state index contributed by atoms with van der Waals surface area (Å²) in [6.07, 6.45) is 1.48. The predicted octanol–water partition coefficient (Wildman–Crippen LogP) is 11.2. The number of likely N-dealkylation sites (tertiary alicyclic amines) is 2. The molecule has 2 aliphatic heterocycles. The molecule has 0 aliphatic carbocycles. The highest BCUT2D eigenvalue weighted by molar-refractivity contribution is 5.83. The van der Waals surface area contributed by atoms with Crippen LogP contribution in [0.15, 0.2) is 121 Å². The van der Waals surface area contributed by atoms with Crippen molar-refractivity contribution in [2.75, 3.05) is 26.2 Å². The Labute approximate surface area is 396 Å². The molecule has 0 spiro atoms. The van der Waals surface area contributed by atoms with Gasteiger partial charge >= 0.3 is 12.2 Å². The molecule has 2 heterocycles. The SMILES string of the molecule is CC(C)(C)OC(=O)N1CC(C(=O)CCN(Cc2ccccc2)Cc2ccccc2)CC1(C)C.CC(C)(C)OC(=O)N1CC(C(O)CCN(Cc2ccccc2)Cc2ccccc2)CC1(C)C. The number of benzene rings is 4. The van der Waals surface area contributed by atoms with Crippen LogP contribution in [0, 0.1) is 11.8 Å². The number of amides is 2. The molecule has 0 bridgehead atoms. The average Bonchev–Trinajstić information content (AvgIpc) is 3.76. The summed E-state index contributed by atoms with van der Waals surface area (Å²) in [7, 11) is 0. The quantitative estimate of drug-likeness (QED) is 0.119. The van der Waals surface area contributed by atoms with E-state index in [2.05, 4.69) is 96.4 Å². The zero-order valence-electron chi connectivity index (χ0n) is 41.5. The van der Waals surface area contributed by atoms with Crippen LogP contribution in [-0.2, 0) is 40.4 Å². The van der Waals surface area contributed by atoms with Crippen LogP contribution >= 0.6 is 0 Å². The van der Waals surface area contributed by atoms with E-state index in [1.807, 2.05) is 104 Å². The van der Waals surface area contributed by atoms with Crippen LogP contribution in [0.3, 0.4) is 0 Å². The van der Waals surface area contributed by atoms with Gasteiger partial charge in [-0.1, -0.05) is 121 Å². The Morgan fingerprint density at radius 1 is 0.576 bits per heavy atom. The van der Waals surface area contributed by atoms with Crippen molar-refractivity contribution >= 4 is 18.0 Å². The van der Waals surface area contributed by atoms with E-state index in [0.29, 0.717) is 38.9 Å². The molecular weight excluding hydrogens is 825 g/mol. The van der Waals surface area contributed by atoms with Gasteiger partial charge in [0, 0.05) is 81.7 Å². The summed E-state index contributed by atoms with van der Waals surface area (Å²) in [5.41, 5.74) is 3.20. The van der Waals surface area contributed by atoms with E-state index in [-0.39, 0.29) is 35.3 Å². The molecule has 2 aliphatic rings. The zero-order valence-corrected chi connectivity index (χ0v) is 41.5. The molecular formula is C56H78N4O6. The number of nitrogens with zero attached hydrogens (tertiary/aromatic N) is 4. The molecule has 358 valence electrons. The fraction of sp³-hybridized carbons (Fsp3) is 0.518. The summed E-state index contributed by atoms with van der Waals surface area (Å²) in [5, 5.41) is 11.1. The summed E-state index contributed by atoms with van der Waals surface area (Å²) in [5.74, 6) is 0.117. The van der Waals surface area contributed by atoms with E-state index in [1.54, 1.807) is 9.80 Å². The number of carbonyl (C=O) groups is 3. The molecule has 3 atom stereocenters.